The first-order valence-electron chi connectivity index (χ1n) is 7.23. The number of ether oxygens (including phenoxy) is 1. The molecule has 112 valence electrons. The fourth-order valence-electron chi connectivity index (χ4n) is 2.46. The molecule has 0 bridgehead atoms. The molecule has 1 amide bonds. The van der Waals surface area contributed by atoms with Gasteiger partial charge in [-0.15, -0.1) is 0 Å². The van der Waals surface area contributed by atoms with Gasteiger partial charge in [-0.2, -0.15) is 0 Å². The van der Waals surface area contributed by atoms with Crippen molar-refractivity contribution in [3.05, 3.63) is 35.8 Å². The Kier molecular flexibility index (Phi) is 4.17. The van der Waals surface area contributed by atoms with E-state index >= 15 is 0 Å². The molecule has 6 nitrogen and oxygen atoms in total. The molecule has 6 heteroatoms. The van der Waals surface area contributed by atoms with Gasteiger partial charge in [0.05, 0.1) is 25.5 Å². The van der Waals surface area contributed by atoms with Crippen LogP contribution in [0.15, 0.2) is 24.5 Å². The number of aromatic nitrogens is 2. The zero-order valence-corrected chi connectivity index (χ0v) is 12.1. The molecule has 2 aromatic heterocycles. The molecule has 1 unspecified atom stereocenters. The Hall–Kier alpha value is -1.92. The fraction of sp³-hybridized carbons (Fsp3) is 0.467. The first-order chi connectivity index (χ1) is 10.2. The molecule has 1 atom stereocenters. The second-order valence-electron chi connectivity index (χ2n) is 5.41. The Bertz CT molecular complexity index is 632. The Morgan fingerprint density at radius 3 is 3.33 bits per heavy atom. The van der Waals surface area contributed by atoms with Crippen LogP contribution in [0.3, 0.4) is 0 Å². The molecule has 0 radical (unpaired) electrons. The molecule has 1 fully saturated rings. The van der Waals surface area contributed by atoms with Crippen LogP contribution in [0.5, 0.6) is 0 Å². The highest BCUT2D eigenvalue weighted by Gasteiger charge is 2.16. The maximum Gasteiger partial charge on any atom is 0.221 e. The minimum Gasteiger partial charge on any atom is -0.378 e. The number of hydrogen-bond donors (Lipinski definition) is 2. The number of imidazole rings is 1. The minimum atomic E-state index is 0.0197. The fourth-order valence-corrected chi connectivity index (χ4v) is 2.46. The number of amides is 1. The number of hydrogen-bond acceptors (Lipinski definition) is 4. The van der Waals surface area contributed by atoms with Crippen LogP contribution < -0.4 is 10.6 Å². The van der Waals surface area contributed by atoms with Crippen LogP contribution in [0.2, 0.25) is 0 Å². The maximum atomic E-state index is 11.9. The summed E-state index contributed by atoms with van der Waals surface area (Å²) in [6.45, 7) is 4.62. The minimum absolute atomic E-state index is 0.0197. The molecule has 0 saturated carbocycles. The van der Waals surface area contributed by atoms with Crippen molar-refractivity contribution in [1.82, 2.24) is 20.0 Å². The third-order valence-corrected chi connectivity index (χ3v) is 3.56. The number of morpholine rings is 1. The third kappa shape index (κ3) is 3.59. The summed E-state index contributed by atoms with van der Waals surface area (Å²) in [5.74, 6) is 0.0197. The molecule has 0 aliphatic carbocycles. The molecule has 2 N–H and O–H groups in total. The van der Waals surface area contributed by atoms with Gasteiger partial charge in [-0.1, -0.05) is 0 Å². The van der Waals surface area contributed by atoms with Crippen LogP contribution in [-0.2, 0) is 16.1 Å². The number of nitrogens with zero attached hydrogens (tertiary/aromatic N) is 2. The Morgan fingerprint density at radius 2 is 2.52 bits per heavy atom. The predicted octanol–water partition coefficient (Wildman–Crippen LogP) is 0.637. The van der Waals surface area contributed by atoms with Crippen LogP contribution in [-0.4, -0.2) is 41.1 Å². The van der Waals surface area contributed by atoms with Gasteiger partial charge in [0.1, 0.15) is 5.65 Å². The quantitative estimate of drug-likeness (QED) is 0.866. The number of pyridine rings is 1. The highest BCUT2D eigenvalue weighted by Crippen LogP contribution is 2.07. The van der Waals surface area contributed by atoms with Crippen LogP contribution in [0.25, 0.3) is 5.65 Å². The van der Waals surface area contributed by atoms with Crippen molar-refractivity contribution in [3.8, 4) is 0 Å². The number of fused-ring (bicyclic) bond motifs is 1. The number of rotatable bonds is 4. The Morgan fingerprint density at radius 1 is 1.62 bits per heavy atom. The second-order valence-corrected chi connectivity index (χ2v) is 5.41. The third-order valence-electron chi connectivity index (χ3n) is 3.56. The van der Waals surface area contributed by atoms with Crippen molar-refractivity contribution in [2.45, 2.75) is 25.9 Å². The lowest BCUT2D eigenvalue weighted by atomic mass is 10.2. The summed E-state index contributed by atoms with van der Waals surface area (Å²) in [7, 11) is 0. The normalized spacial score (nSPS) is 18.8. The summed E-state index contributed by atoms with van der Waals surface area (Å²) < 4.78 is 7.30. The molecule has 2 aromatic rings. The zero-order valence-electron chi connectivity index (χ0n) is 12.1. The van der Waals surface area contributed by atoms with Crippen LogP contribution >= 0.6 is 0 Å². The van der Waals surface area contributed by atoms with Crippen molar-refractivity contribution in [2.24, 2.45) is 0 Å². The smallest absolute Gasteiger partial charge is 0.221 e. The molecule has 1 saturated heterocycles. The molecule has 1 aliphatic heterocycles. The van der Waals surface area contributed by atoms with E-state index in [9.17, 15) is 4.79 Å². The lowest BCUT2D eigenvalue weighted by molar-refractivity contribution is -0.122. The van der Waals surface area contributed by atoms with Gasteiger partial charge in [0.25, 0.3) is 0 Å². The SMILES string of the molecule is Cc1ccn2cc(CNC(=O)CC3COCCN3)nc2c1. The summed E-state index contributed by atoms with van der Waals surface area (Å²) in [6.07, 6.45) is 4.36. The molecule has 3 rings (SSSR count). The van der Waals surface area contributed by atoms with E-state index in [1.54, 1.807) is 0 Å². The van der Waals surface area contributed by atoms with E-state index in [1.165, 1.54) is 5.56 Å². The summed E-state index contributed by atoms with van der Waals surface area (Å²) in [5.41, 5.74) is 2.94. The first-order valence-corrected chi connectivity index (χ1v) is 7.23. The van der Waals surface area contributed by atoms with Gasteiger partial charge in [0.15, 0.2) is 0 Å². The number of carbonyl (C=O) groups excluding carboxylic acids is 1. The van der Waals surface area contributed by atoms with E-state index in [4.69, 9.17) is 4.74 Å². The average Bonchev–Trinajstić information content (AvgIpc) is 2.88. The van der Waals surface area contributed by atoms with Gasteiger partial charge in [-0.3, -0.25) is 4.79 Å². The van der Waals surface area contributed by atoms with Crippen molar-refractivity contribution >= 4 is 11.6 Å². The van der Waals surface area contributed by atoms with Crippen molar-refractivity contribution < 1.29 is 9.53 Å². The highest BCUT2D eigenvalue weighted by molar-refractivity contribution is 5.76. The van der Waals surface area contributed by atoms with Gasteiger partial charge in [-0.25, -0.2) is 4.98 Å². The van der Waals surface area contributed by atoms with Crippen molar-refractivity contribution in [1.29, 1.82) is 0 Å². The summed E-state index contributed by atoms with van der Waals surface area (Å²) in [5, 5.41) is 6.18. The van der Waals surface area contributed by atoms with Gasteiger partial charge in [-0.05, 0) is 24.6 Å². The largest absolute Gasteiger partial charge is 0.378 e. The van der Waals surface area contributed by atoms with E-state index < -0.39 is 0 Å². The van der Waals surface area contributed by atoms with Gasteiger partial charge in [0, 0.05) is 31.4 Å². The zero-order chi connectivity index (χ0) is 14.7. The second kappa shape index (κ2) is 6.24. The van der Waals surface area contributed by atoms with E-state index in [0.717, 1.165) is 24.5 Å². The first kappa shape index (κ1) is 14.0. The lowest BCUT2D eigenvalue weighted by Crippen LogP contribution is -2.44. The van der Waals surface area contributed by atoms with Gasteiger partial charge < -0.3 is 19.8 Å². The van der Waals surface area contributed by atoms with Gasteiger partial charge in [0.2, 0.25) is 5.91 Å². The summed E-state index contributed by atoms with van der Waals surface area (Å²) >= 11 is 0. The Labute approximate surface area is 123 Å². The summed E-state index contributed by atoms with van der Waals surface area (Å²) in [4.78, 5) is 16.4. The molecule has 3 heterocycles. The van der Waals surface area contributed by atoms with E-state index in [-0.39, 0.29) is 11.9 Å². The van der Waals surface area contributed by atoms with Crippen molar-refractivity contribution in [2.75, 3.05) is 19.8 Å². The van der Waals surface area contributed by atoms with E-state index in [1.807, 2.05) is 35.9 Å². The molecule has 0 spiro atoms. The van der Waals surface area contributed by atoms with E-state index in [0.29, 0.717) is 19.6 Å². The van der Waals surface area contributed by atoms with Crippen LogP contribution in [0.1, 0.15) is 17.7 Å². The maximum absolute atomic E-state index is 11.9. The number of carbonyl (C=O) groups is 1. The molecular weight excluding hydrogens is 268 g/mol. The standard InChI is InChI=1S/C15H20N4O2/c1-11-2-4-19-9-13(18-14(19)6-11)8-17-15(20)7-12-10-21-5-3-16-12/h2,4,6,9,12,16H,3,5,7-8,10H2,1H3,(H,17,20). The number of aryl methyl sites for hydroxylation is 1. The summed E-state index contributed by atoms with van der Waals surface area (Å²) in [6, 6.07) is 4.17. The average molecular weight is 288 g/mol. The van der Waals surface area contributed by atoms with E-state index in [2.05, 4.69) is 15.6 Å². The monoisotopic (exact) mass is 288 g/mol. The van der Waals surface area contributed by atoms with Gasteiger partial charge >= 0.3 is 0 Å². The molecule has 1 aliphatic rings. The molecule has 0 aromatic carbocycles. The lowest BCUT2D eigenvalue weighted by Gasteiger charge is -2.23. The predicted molar refractivity (Wildman–Crippen MR) is 79.0 cm³/mol. The Balaban J connectivity index is 1.54. The topological polar surface area (TPSA) is 67.7 Å². The van der Waals surface area contributed by atoms with Crippen molar-refractivity contribution in [3.63, 3.8) is 0 Å². The molecular formula is C15H20N4O2. The highest BCUT2D eigenvalue weighted by atomic mass is 16.5. The van der Waals surface area contributed by atoms with Crippen LogP contribution in [0.4, 0.5) is 0 Å². The molecule has 21 heavy (non-hydrogen) atoms. The number of nitrogens with one attached hydrogen (secondary N) is 2. The van der Waals surface area contributed by atoms with Crippen LogP contribution in [0, 0.1) is 6.92 Å².